The highest BCUT2D eigenvalue weighted by Gasteiger charge is 2.45. The second-order valence-electron chi connectivity index (χ2n) is 4.85. The van der Waals surface area contributed by atoms with E-state index in [1.165, 1.54) is 0 Å². The van der Waals surface area contributed by atoms with Gasteiger partial charge in [0.25, 0.3) is 0 Å². The van der Waals surface area contributed by atoms with E-state index in [1.54, 1.807) is 24.3 Å². The molecule has 1 aromatic rings. The Morgan fingerprint density at radius 3 is 2.38 bits per heavy atom. The summed E-state index contributed by atoms with van der Waals surface area (Å²) in [5, 5.41) is 38.0. The third-order valence-corrected chi connectivity index (χ3v) is 3.29. The molecule has 1 fully saturated rings. The Hall–Kier alpha value is -1.51. The fourth-order valence-corrected chi connectivity index (χ4v) is 2.10. The average molecular weight is 298 g/mol. The van der Waals surface area contributed by atoms with Crippen LogP contribution < -0.4 is 0 Å². The van der Waals surface area contributed by atoms with E-state index in [2.05, 4.69) is 0 Å². The average Bonchev–Trinajstić information content (AvgIpc) is 2.49. The summed E-state index contributed by atoms with van der Waals surface area (Å²) >= 11 is 0. The lowest BCUT2D eigenvalue weighted by molar-refractivity contribution is -0.292. The van der Waals surface area contributed by atoms with E-state index in [0.717, 1.165) is 5.56 Å². The summed E-state index contributed by atoms with van der Waals surface area (Å²) in [5.74, 6) is -0.648. The van der Waals surface area contributed by atoms with Crippen molar-refractivity contribution in [2.75, 3.05) is 6.61 Å². The van der Waals surface area contributed by atoms with E-state index in [0.29, 0.717) is 0 Å². The van der Waals surface area contributed by atoms with Crippen molar-refractivity contribution in [2.24, 2.45) is 0 Å². The van der Waals surface area contributed by atoms with Gasteiger partial charge in [-0.1, -0.05) is 30.3 Å². The molecule has 7 nitrogen and oxygen atoms in total. The molecule has 0 spiro atoms. The van der Waals surface area contributed by atoms with Crippen LogP contribution in [0.15, 0.2) is 30.3 Å². The molecule has 1 saturated heterocycles. The molecular formula is C14H18O7. The van der Waals surface area contributed by atoms with Gasteiger partial charge in [0, 0.05) is 0 Å². The van der Waals surface area contributed by atoms with Gasteiger partial charge in [-0.3, -0.25) is 4.79 Å². The molecule has 116 valence electrons. The molecule has 0 aliphatic carbocycles. The lowest BCUT2D eigenvalue weighted by atomic mass is 9.99. The molecule has 0 bridgehead atoms. The zero-order valence-electron chi connectivity index (χ0n) is 11.2. The van der Waals surface area contributed by atoms with Gasteiger partial charge >= 0.3 is 5.97 Å². The number of aliphatic hydroxyl groups is 4. The van der Waals surface area contributed by atoms with Crippen LogP contribution in [0.25, 0.3) is 0 Å². The van der Waals surface area contributed by atoms with E-state index in [-0.39, 0.29) is 6.42 Å². The van der Waals surface area contributed by atoms with E-state index in [9.17, 15) is 20.1 Å². The van der Waals surface area contributed by atoms with Gasteiger partial charge in [-0.25, -0.2) is 0 Å². The quantitative estimate of drug-likeness (QED) is 0.504. The predicted octanol–water partition coefficient (Wildman–Crippen LogP) is -1.43. The Morgan fingerprint density at radius 1 is 1.10 bits per heavy atom. The Kier molecular flexibility index (Phi) is 5.27. The number of hydrogen-bond acceptors (Lipinski definition) is 7. The monoisotopic (exact) mass is 298 g/mol. The van der Waals surface area contributed by atoms with Crippen molar-refractivity contribution in [1.29, 1.82) is 0 Å². The second kappa shape index (κ2) is 6.97. The number of hydrogen-bond donors (Lipinski definition) is 4. The van der Waals surface area contributed by atoms with E-state index in [1.807, 2.05) is 6.07 Å². The van der Waals surface area contributed by atoms with Crippen molar-refractivity contribution in [3.05, 3.63) is 35.9 Å². The molecule has 7 heteroatoms. The normalized spacial score (nSPS) is 32.7. The van der Waals surface area contributed by atoms with Crippen LogP contribution in [0.2, 0.25) is 0 Å². The first-order chi connectivity index (χ1) is 10.0. The highest BCUT2D eigenvalue weighted by atomic mass is 16.7. The Labute approximate surface area is 121 Å². The Bertz CT molecular complexity index is 462. The number of esters is 1. The van der Waals surface area contributed by atoms with Crippen LogP contribution in [0.3, 0.4) is 0 Å². The Morgan fingerprint density at radius 2 is 1.76 bits per heavy atom. The van der Waals surface area contributed by atoms with Crippen LogP contribution in [-0.2, 0) is 20.7 Å². The molecule has 1 unspecified atom stereocenters. The summed E-state index contributed by atoms with van der Waals surface area (Å²) < 4.78 is 10.1. The molecule has 0 aromatic heterocycles. The molecule has 0 saturated carbocycles. The highest BCUT2D eigenvalue weighted by Crippen LogP contribution is 2.22. The van der Waals surface area contributed by atoms with Crippen LogP contribution in [0.1, 0.15) is 5.56 Å². The maximum atomic E-state index is 11.8. The molecule has 0 radical (unpaired) electrons. The smallest absolute Gasteiger partial charge is 0.312 e. The summed E-state index contributed by atoms with van der Waals surface area (Å²) in [6, 6.07) is 8.85. The highest BCUT2D eigenvalue weighted by molar-refractivity contribution is 5.72. The van der Waals surface area contributed by atoms with E-state index >= 15 is 0 Å². The van der Waals surface area contributed by atoms with Crippen LogP contribution in [0, 0.1) is 0 Å². The van der Waals surface area contributed by atoms with Crippen molar-refractivity contribution in [2.45, 2.75) is 37.1 Å². The third kappa shape index (κ3) is 3.78. The van der Waals surface area contributed by atoms with Gasteiger partial charge in [-0.05, 0) is 5.56 Å². The summed E-state index contributed by atoms with van der Waals surface area (Å²) in [6.45, 7) is -0.572. The SMILES string of the molecule is O=C(Cc1ccccc1)OC1O[C@H](CO)[C@@H](O)[C@H](O)[C@H]1O. The van der Waals surface area contributed by atoms with Crippen LogP contribution in [0.5, 0.6) is 0 Å². The Balaban J connectivity index is 1.96. The molecule has 21 heavy (non-hydrogen) atoms. The summed E-state index contributed by atoms with van der Waals surface area (Å²) in [5.41, 5.74) is 0.729. The van der Waals surface area contributed by atoms with Crippen molar-refractivity contribution in [3.8, 4) is 0 Å². The molecule has 1 heterocycles. The summed E-state index contributed by atoms with van der Waals surface area (Å²) in [7, 11) is 0. The number of rotatable bonds is 4. The zero-order chi connectivity index (χ0) is 15.4. The molecule has 2 rings (SSSR count). The molecule has 4 N–H and O–H groups in total. The third-order valence-electron chi connectivity index (χ3n) is 3.29. The first-order valence-corrected chi connectivity index (χ1v) is 6.57. The standard InChI is InChI=1S/C14H18O7/c15-7-9-11(17)12(18)13(19)14(20-9)21-10(16)6-8-4-2-1-3-5-8/h1-5,9,11-15,17-19H,6-7H2/t9-,11-,12+,13-,14?/m1/s1. The van der Waals surface area contributed by atoms with Crippen LogP contribution in [-0.4, -0.2) is 63.7 Å². The van der Waals surface area contributed by atoms with Crippen molar-refractivity contribution in [1.82, 2.24) is 0 Å². The summed E-state index contributed by atoms with van der Waals surface area (Å²) in [4.78, 5) is 11.8. The van der Waals surface area contributed by atoms with E-state index < -0.39 is 43.3 Å². The molecule has 1 aliphatic rings. The van der Waals surface area contributed by atoms with Gasteiger partial charge in [0.1, 0.15) is 24.4 Å². The second-order valence-corrected chi connectivity index (χ2v) is 4.85. The van der Waals surface area contributed by atoms with Crippen LogP contribution >= 0.6 is 0 Å². The number of benzene rings is 1. The molecule has 0 amide bonds. The maximum absolute atomic E-state index is 11.8. The van der Waals surface area contributed by atoms with Crippen molar-refractivity contribution >= 4 is 5.97 Å². The van der Waals surface area contributed by atoms with Crippen LogP contribution in [0.4, 0.5) is 0 Å². The van der Waals surface area contributed by atoms with Gasteiger partial charge in [-0.15, -0.1) is 0 Å². The fourth-order valence-electron chi connectivity index (χ4n) is 2.10. The minimum absolute atomic E-state index is 0.0180. The van der Waals surface area contributed by atoms with Crippen molar-refractivity contribution < 1.29 is 34.7 Å². The molecular weight excluding hydrogens is 280 g/mol. The zero-order valence-corrected chi connectivity index (χ0v) is 11.2. The number of ether oxygens (including phenoxy) is 2. The number of carbonyl (C=O) groups excluding carboxylic acids is 1. The maximum Gasteiger partial charge on any atom is 0.312 e. The molecule has 5 atom stereocenters. The number of aliphatic hydroxyl groups excluding tert-OH is 4. The fraction of sp³-hybridized carbons (Fsp3) is 0.500. The van der Waals surface area contributed by atoms with E-state index in [4.69, 9.17) is 14.6 Å². The minimum atomic E-state index is -1.58. The van der Waals surface area contributed by atoms with Gasteiger partial charge in [0.05, 0.1) is 13.0 Å². The summed E-state index contributed by atoms with van der Waals surface area (Å²) in [6.07, 6.45) is -7.17. The number of carbonyl (C=O) groups is 1. The van der Waals surface area contributed by atoms with Gasteiger partial charge < -0.3 is 29.9 Å². The first kappa shape index (κ1) is 15.9. The first-order valence-electron chi connectivity index (χ1n) is 6.57. The van der Waals surface area contributed by atoms with Crippen molar-refractivity contribution in [3.63, 3.8) is 0 Å². The molecule has 1 aromatic carbocycles. The minimum Gasteiger partial charge on any atom is -0.432 e. The largest absolute Gasteiger partial charge is 0.432 e. The van der Waals surface area contributed by atoms with Gasteiger partial charge in [-0.2, -0.15) is 0 Å². The molecule has 1 aliphatic heterocycles. The van der Waals surface area contributed by atoms with Gasteiger partial charge in [0.15, 0.2) is 0 Å². The lowest BCUT2D eigenvalue weighted by Crippen LogP contribution is -2.59. The van der Waals surface area contributed by atoms with Gasteiger partial charge in [0.2, 0.25) is 6.29 Å². The lowest BCUT2D eigenvalue weighted by Gasteiger charge is -2.39. The predicted molar refractivity (Wildman–Crippen MR) is 70.0 cm³/mol. The topological polar surface area (TPSA) is 116 Å².